The number of thiophene rings is 1. The maximum atomic E-state index is 11.8. The van der Waals surface area contributed by atoms with Crippen LogP contribution in [0.1, 0.15) is 33.7 Å². The molecular formula is C15H14BrN3O3S. The zero-order chi connectivity index (χ0) is 16.4. The van der Waals surface area contributed by atoms with E-state index in [9.17, 15) is 4.79 Å². The second-order valence-corrected chi connectivity index (χ2v) is 6.93. The summed E-state index contributed by atoms with van der Waals surface area (Å²) in [5.41, 5.74) is 1.58. The third kappa shape index (κ3) is 3.53. The monoisotopic (exact) mass is 395 g/mol. The third-order valence-electron chi connectivity index (χ3n) is 3.21. The maximum Gasteiger partial charge on any atom is 0.355 e. The predicted octanol–water partition coefficient (Wildman–Crippen LogP) is 4.12. The molecule has 23 heavy (non-hydrogen) atoms. The highest BCUT2D eigenvalue weighted by Gasteiger charge is 2.15. The minimum Gasteiger partial charge on any atom is -0.451 e. The molecular weight excluding hydrogens is 382 g/mol. The van der Waals surface area contributed by atoms with Gasteiger partial charge in [0.2, 0.25) is 0 Å². The van der Waals surface area contributed by atoms with E-state index in [0.29, 0.717) is 11.6 Å². The summed E-state index contributed by atoms with van der Waals surface area (Å²) in [7, 11) is 0. The van der Waals surface area contributed by atoms with Crippen molar-refractivity contribution in [2.45, 2.75) is 26.9 Å². The first kappa shape index (κ1) is 15.9. The van der Waals surface area contributed by atoms with Crippen LogP contribution in [0.2, 0.25) is 0 Å². The molecule has 0 fully saturated rings. The number of nitrogens with one attached hydrogen (secondary N) is 1. The van der Waals surface area contributed by atoms with Gasteiger partial charge in [0.15, 0.2) is 6.61 Å². The van der Waals surface area contributed by atoms with Crippen LogP contribution in [0.4, 0.5) is 0 Å². The molecule has 3 aromatic heterocycles. The number of aromatic amines is 1. The SMILES string of the molecule is CCc1sc(-c2nnc(COC(=O)c3cc(Br)c[nH]3)o2)cc1C. The van der Waals surface area contributed by atoms with Gasteiger partial charge in [-0.1, -0.05) is 6.92 Å². The molecule has 120 valence electrons. The number of esters is 1. The van der Waals surface area contributed by atoms with Gasteiger partial charge in [-0.3, -0.25) is 0 Å². The van der Waals surface area contributed by atoms with E-state index < -0.39 is 5.97 Å². The van der Waals surface area contributed by atoms with Crippen molar-refractivity contribution in [3.8, 4) is 10.8 Å². The number of carbonyl (C=O) groups excluding carboxylic acids is 1. The van der Waals surface area contributed by atoms with E-state index >= 15 is 0 Å². The van der Waals surface area contributed by atoms with Crippen molar-refractivity contribution in [1.82, 2.24) is 15.2 Å². The predicted molar refractivity (Wildman–Crippen MR) is 89.3 cm³/mol. The smallest absolute Gasteiger partial charge is 0.355 e. The van der Waals surface area contributed by atoms with E-state index in [2.05, 4.69) is 45.0 Å². The van der Waals surface area contributed by atoms with Gasteiger partial charge in [0, 0.05) is 15.5 Å². The molecule has 0 aliphatic rings. The summed E-state index contributed by atoms with van der Waals surface area (Å²) in [5, 5.41) is 7.94. The topological polar surface area (TPSA) is 81.0 Å². The fraction of sp³-hybridized carbons (Fsp3) is 0.267. The fourth-order valence-corrected chi connectivity index (χ4v) is 3.46. The number of rotatable bonds is 5. The molecule has 0 aromatic carbocycles. The van der Waals surface area contributed by atoms with Crippen molar-refractivity contribution < 1.29 is 13.9 Å². The first-order chi connectivity index (χ1) is 11.1. The molecule has 0 saturated carbocycles. The lowest BCUT2D eigenvalue weighted by atomic mass is 10.2. The van der Waals surface area contributed by atoms with Crippen molar-refractivity contribution in [3.05, 3.63) is 44.8 Å². The average molecular weight is 396 g/mol. The molecule has 0 amide bonds. The van der Waals surface area contributed by atoms with Gasteiger partial charge in [0.05, 0.1) is 4.88 Å². The van der Waals surface area contributed by atoms with Crippen LogP contribution in [-0.4, -0.2) is 21.2 Å². The van der Waals surface area contributed by atoms with Crippen molar-refractivity contribution >= 4 is 33.2 Å². The number of hydrogen-bond acceptors (Lipinski definition) is 6. The number of halogens is 1. The van der Waals surface area contributed by atoms with Gasteiger partial charge in [-0.15, -0.1) is 21.5 Å². The maximum absolute atomic E-state index is 11.8. The van der Waals surface area contributed by atoms with Crippen LogP contribution in [-0.2, 0) is 17.8 Å². The number of nitrogens with zero attached hydrogens (tertiary/aromatic N) is 2. The van der Waals surface area contributed by atoms with Crippen LogP contribution in [0.3, 0.4) is 0 Å². The molecule has 1 N–H and O–H groups in total. The highest BCUT2D eigenvalue weighted by atomic mass is 79.9. The summed E-state index contributed by atoms with van der Waals surface area (Å²) in [5.74, 6) is 0.241. The Hall–Kier alpha value is -1.93. The molecule has 0 bridgehead atoms. The Balaban J connectivity index is 1.66. The Morgan fingerprint density at radius 1 is 1.43 bits per heavy atom. The van der Waals surface area contributed by atoms with Gasteiger partial charge >= 0.3 is 5.97 Å². The summed E-state index contributed by atoms with van der Waals surface area (Å²) in [6.45, 7) is 4.11. The van der Waals surface area contributed by atoms with E-state index in [-0.39, 0.29) is 12.5 Å². The summed E-state index contributed by atoms with van der Waals surface area (Å²) >= 11 is 4.90. The molecule has 0 aliphatic carbocycles. The highest BCUT2D eigenvalue weighted by molar-refractivity contribution is 9.10. The lowest BCUT2D eigenvalue weighted by molar-refractivity contribution is 0.0432. The second-order valence-electron chi connectivity index (χ2n) is 4.88. The van der Waals surface area contributed by atoms with E-state index in [1.54, 1.807) is 23.6 Å². The van der Waals surface area contributed by atoms with Crippen LogP contribution in [0, 0.1) is 6.92 Å². The highest BCUT2D eigenvalue weighted by Crippen LogP contribution is 2.30. The van der Waals surface area contributed by atoms with Crippen molar-refractivity contribution in [2.24, 2.45) is 0 Å². The van der Waals surface area contributed by atoms with Crippen molar-refractivity contribution in [3.63, 3.8) is 0 Å². The van der Waals surface area contributed by atoms with Crippen LogP contribution in [0.25, 0.3) is 10.8 Å². The second kappa shape index (κ2) is 6.67. The van der Waals surface area contributed by atoms with Gasteiger partial charge in [-0.2, -0.15) is 0 Å². The molecule has 0 aliphatic heterocycles. The van der Waals surface area contributed by atoms with Crippen molar-refractivity contribution in [2.75, 3.05) is 0 Å². The molecule has 3 aromatic rings. The summed E-state index contributed by atoms with van der Waals surface area (Å²) in [6, 6.07) is 3.67. The quantitative estimate of drug-likeness (QED) is 0.657. The van der Waals surface area contributed by atoms with Gasteiger partial charge < -0.3 is 14.1 Å². The van der Waals surface area contributed by atoms with Crippen LogP contribution in [0.5, 0.6) is 0 Å². The van der Waals surface area contributed by atoms with E-state index in [1.807, 2.05) is 6.07 Å². The molecule has 0 saturated heterocycles. The van der Waals surface area contributed by atoms with E-state index in [4.69, 9.17) is 9.15 Å². The normalized spacial score (nSPS) is 10.9. The number of aryl methyl sites for hydroxylation is 2. The summed E-state index contributed by atoms with van der Waals surface area (Å²) in [6.07, 6.45) is 2.63. The number of hydrogen-bond donors (Lipinski definition) is 1. The van der Waals surface area contributed by atoms with Crippen LogP contribution in [0.15, 0.2) is 27.2 Å². The Morgan fingerprint density at radius 2 is 2.26 bits per heavy atom. The Bertz CT molecular complexity index is 837. The Morgan fingerprint density at radius 3 is 2.91 bits per heavy atom. The standard InChI is InChI=1S/C15H14BrN3O3S/c1-3-11-8(2)4-12(23-11)14-19-18-13(22-14)7-21-15(20)10-5-9(16)6-17-10/h4-6,17H,3,7H2,1-2H3. The Kier molecular flexibility index (Phi) is 4.63. The molecule has 0 radical (unpaired) electrons. The minimum absolute atomic E-state index is 0.0620. The van der Waals surface area contributed by atoms with Crippen LogP contribution < -0.4 is 0 Å². The molecule has 3 rings (SSSR count). The van der Waals surface area contributed by atoms with Gasteiger partial charge in [-0.25, -0.2) is 4.79 Å². The lowest BCUT2D eigenvalue weighted by Crippen LogP contribution is -2.05. The van der Waals surface area contributed by atoms with Crippen LogP contribution >= 0.6 is 27.3 Å². The minimum atomic E-state index is -0.476. The lowest BCUT2D eigenvalue weighted by Gasteiger charge is -1.98. The molecule has 8 heteroatoms. The van der Waals surface area contributed by atoms with Gasteiger partial charge in [-0.05, 0) is 47.0 Å². The largest absolute Gasteiger partial charge is 0.451 e. The first-order valence-corrected chi connectivity index (χ1v) is 8.61. The summed E-state index contributed by atoms with van der Waals surface area (Å²) < 4.78 is 11.5. The zero-order valence-corrected chi connectivity index (χ0v) is 15.0. The fourth-order valence-electron chi connectivity index (χ4n) is 2.08. The third-order valence-corrected chi connectivity index (χ3v) is 5.04. The number of ether oxygens (including phenoxy) is 1. The number of aromatic nitrogens is 3. The van der Waals surface area contributed by atoms with E-state index in [0.717, 1.165) is 15.8 Å². The van der Waals surface area contributed by atoms with E-state index in [1.165, 1.54) is 10.4 Å². The summed E-state index contributed by atoms with van der Waals surface area (Å²) in [4.78, 5) is 16.9. The first-order valence-electron chi connectivity index (χ1n) is 7.00. The van der Waals surface area contributed by atoms with Crippen molar-refractivity contribution in [1.29, 1.82) is 0 Å². The molecule has 0 unspecified atom stereocenters. The Labute approximate surface area is 145 Å². The molecule has 0 atom stereocenters. The molecule has 0 spiro atoms. The number of carbonyl (C=O) groups is 1. The van der Waals surface area contributed by atoms with Gasteiger partial charge in [0.25, 0.3) is 11.8 Å². The zero-order valence-electron chi connectivity index (χ0n) is 12.6. The van der Waals surface area contributed by atoms with Gasteiger partial charge in [0.1, 0.15) is 5.69 Å². The number of H-pyrrole nitrogens is 1. The molecule has 6 nitrogen and oxygen atoms in total. The average Bonchev–Trinajstić information content (AvgIpc) is 3.24. The molecule has 3 heterocycles.